The van der Waals surface area contributed by atoms with Gasteiger partial charge in [-0.2, -0.15) is 0 Å². The van der Waals surface area contributed by atoms with Crippen molar-refractivity contribution in [2.75, 3.05) is 13.7 Å². The van der Waals surface area contributed by atoms with E-state index in [0.717, 1.165) is 25.0 Å². The van der Waals surface area contributed by atoms with Gasteiger partial charge in [0.05, 0.1) is 7.11 Å². The van der Waals surface area contributed by atoms with E-state index in [1.807, 2.05) is 0 Å². The molecule has 108 valence electrons. The maximum atomic E-state index is 8.92. The van der Waals surface area contributed by atoms with Crippen LogP contribution in [0.1, 0.15) is 43.7 Å². The molecule has 2 aromatic rings. The number of fused-ring (bicyclic) bond motifs is 1. The zero-order valence-corrected chi connectivity index (χ0v) is 12.6. The summed E-state index contributed by atoms with van der Waals surface area (Å²) in [6.45, 7) is 4.65. The monoisotopic (exact) mass is 272 g/mol. The van der Waals surface area contributed by atoms with Crippen LogP contribution in [-0.2, 0) is 6.42 Å². The van der Waals surface area contributed by atoms with Crippen LogP contribution in [0.3, 0.4) is 0 Å². The lowest BCUT2D eigenvalue weighted by molar-refractivity contribution is 0.284. The van der Waals surface area contributed by atoms with Crippen molar-refractivity contribution < 1.29 is 9.84 Å². The second kappa shape index (κ2) is 6.76. The molecule has 1 N–H and O–H groups in total. The third kappa shape index (κ3) is 3.13. The van der Waals surface area contributed by atoms with Gasteiger partial charge in [0, 0.05) is 6.61 Å². The normalized spacial score (nSPS) is 11.2. The first-order chi connectivity index (χ1) is 9.67. The predicted octanol–water partition coefficient (Wildman–Crippen LogP) is 4.29. The Kier molecular flexibility index (Phi) is 5.02. The molecule has 20 heavy (non-hydrogen) atoms. The Bertz CT molecular complexity index is 573. The molecule has 2 rings (SSSR count). The summed E-state index contributed by atoms with van der Waals surface area (Å²) in [4.78, 5) is 0. The molecular formula is C18H24O2. The lowest BCUT2D eigenvalue weighted by Gasteiger charge is -2.15. The van der Waals surface area contributed by atoms with E-state index < -0.39 is 0 Å². The molecule has 0 saturated carbocycles. The van der Waals surface area contributed by atoms with E-state index in [1.54, 1.807) is 7.11 Å². The number of aliphatic hydroxyl groups excluding tert-OH is 1. The van der Waals surface area contributed by atoms with Gasteiger partial charge in [-0.05, 0) is 59.2 Å². The Balaban J connectivity index is 2.46. The second-order valence-corrected chi connectivity index (χ2v) is 5.57. The lowest BCUT2D eigenvalue weighted by atomic mass is 9.94. The van der Waals surface area contributed by atoms with Gasteiger partial charge in [0.1, 0.15) is 5.75 Å². The third-order valence-corrected chi connectivity index (χ3v) is 3.80. The molecule has 0 amide bonds. The highest BCUT2D eigenvalue weighted by atomic mass is 16.5. The standard InChI is InChI=1S/C18H24O2/c1-13(2)16-11-15-9-6-8-14(7-4-5-10-19)17(15)12-18(16)20-3/h6,8-9,11-13,19H,4-5,7,10H2,1-3H3. The number of hydrogen-bond donors (Lipinski definition) is 1. The van der Waals surface area contributed by atoms with Gasteiger partial charge in [0.2, 0.25) is 0 Å². The fourth-order valence-electron chi connectivity index (χ4n) is 2.66. The highest BCUT2D eigenvalue weighted by Gasteiger charge is 2.11. The van der Waals surface area contributed by atoms with Crippen molar-refractivity contribution in [2.45, 2.75) is 39.0 Å². The largest absolute Gasteiger partial charge is 0.496 e. The number of unbranched alkanes of at least 4 members (excludes halogenated alkanes) is 1. The highest BCUT2D eigenvalue weighted by molar-refractivity contribution is 5.88. The molecule has 0 spiro atoms. The molecule has 0 saturated heterocycles. The third-order valence-electron chi connectivity index (χ3n) is 3.80. The van der Waals surface area contributed by atoms with Gasteiger partial charge in [-0.25, -0.2) is 0 Å². The summed E-state index contributed by atoms with van der Waals surface area (Å²) >= 11 is 0. The molecular weight excluding hydrogens is 248 g/mol. The quantitative estimate of drug-likeness (QED) is 0.795. The molecule has 0 bridgehead atoms. The van der Waals surface area contributed by atoms with E-state index in [9.17, 15) is 0 Å². The zero-order chi connectivity index (χ0) is 14.5. The molecule has 0 aromatic heterocycles. The van der Waals surface area contributed by atoms with Crippen molar-refractivity contribution in [2.24, 2.45) is 0 Å². The smallest absolute Gasteiger partial charge is 0.122 e. The first-order valence-corrected chi connectivity index (χ1v) is 7.37. The number of ether oxygens (including phenoxy) is 1. The summed E-state index contributed by atoms with van der Waals surface area (Å²) in [5.74, 6) is 1.43. The Morgan fingerprint density at radius 3 is 2.60 bits per heavy atom. The number of rotatable bonds is 6. The minimum Gasteiger partial charge on any atom is -0.496 e. The Morgan fingerprint density at radius 2 is 1.95 bits per heavy atom. The average Bonchev–Trinajstić information content (AvgIpc) is 2.46. The minimum atomic E-state index is 0.269. The summed E-state index contributed by atoms with van der Waals surface area (Å²) < 4.78 is 5.56. The lowest BCUT2D eigenvalue weighted by Crippen LogP contribution is -1.96. The van der Waals surface area contributed by atoms with Crippen molar-refractivity contribution in [3.05, 3.63) is 41.5 Å². The molecule has 0 aliphatic carbocycles. The average molecular weight is 272 g/mol. The zero-order valence-electron chi connectivity index (χ0n) is 12.6. The van der Waals surface area contributed by atoms with Crippen LogP contribution in [0.2, 0.25) is 0 Å². The van der Waals surface area contributed by atoms with Crippen LogP contribution in [0.4, 0.5) is 0 Å². The molecule has 2 heteroatoms. The van der Waals surface area contributed by atoms with E-state index in [1.165, 1.54) is 21.9 Å². The van der Waals surface area contributed by atoms with Gasteiger partial charge in [-0.3, -0.25) is 0 Å². The predicted molar refractivity (Wildman–Crippen MR) is 84.6 cm³/mol. The van der Waals surface area contributed by atoms with Crippen LogP contribution in [0.15, 0.2) is 30.3 Å². The first kappa shape index (κ1) is 14.9. The van der Waals surface area contributed by atoms with Crippen LogP contribution >= 0.6 is 0 Å². The van der Waals surface area contributed by atoms with Gasteiger partial charge in [-0.15, -0.1) is 0 Å². The van der Waals surface area contributed by atoms with Crippen molar-refractivity contribution in [1.29, 1.82) is 0 Å². The van der Waals surface area contributed by atoms with E-state index >= 15 is 0 Å². The summed E-state index contributed by atoms with van der Waals surface area (Å²) in [5.41, 5.74) is 2.59. The topological polar surface area (TPSA) is 29.5 Å². The molecule has 0 unspecified atom stereocenters. The van der Waals surface area contributed by atoms with Gasteiger partial charge in [0.25, 0.3) is 0 Å². The molecule has 0 radical (unpaired) electrons. The molecule has 0 fully saturated rings. The van der Waals surface area contributed by atoms with Crippen molar-refractivity contribution >= 4 is 10.8 Å². The number of aliphatic hydroxyl groups is 1. The van der Waals surface area contributed by atoms with Crippen molar-refractivity contribution in [3.8, 4) is 5.75 Å². The number of methoxy groups -OCH3 is 1. The van der Waals surface area contributed by atoms with Gasteiger partial charge in [-0.1, -0.05) is 32.0 Å². The van der Waals surface area contributed by atoms with Gasteiger partial charge >= 0.3 is 0 Å². The summed E-state index contributed by atoms with van der Waals surface area (Å²) in [7, 11) is 1.74. The molecule has 2 nitrogen and oxygen atoms in total. The van der Waals surface area contributed by atoms with E-state index in [0.29, 0.717) is 5.92 Å². The number of aryl methyl sites for hydroxylation is 1. The van der Waals surface area contributed by atoms with Gasteiger partial charge in [0.15, 0.2) is 0 Å². The SMILES string of the molecule is COc1cc2c(CCCCO)cccc2cc1C(C)C. The fourth-order valence-corrected chi connectivity index (χ4v) is 2.66. The number of benzene rings is 2. The highest BCUT2D eigenvalue weighted by Crippen LogP contribution is 2.33. The first-order valence-electron chi connectivity index (χ1n) is 7.37. The summed E-state index contributed by atoms with van der Waals surface area (Å²) in [5, 5.41) is 11.5. The van der Waals surface area contributed by atoms with E-state index in [4.69, 9.17) is 9.84 Å². The molecule has 2 aromatic carbocycles. The molecule has 0 aliphatic heterocycles. The fraction of sp³-hybridized carbons (Fsp3) is 0.444. The maximum absolute atomic E-state index is 8.92. The van der Waals surface area contributed by atoms with Gasteiger partial charge < -0.3 is 9.84 Å². The molecule has 0 heterocycles. The maximum Gasteiger partial charge on any atom is 0.122 e. The van der Waals surface area contributed by atoms with E-state index in [-0.39, 0.29) is 6.61 Å². The van der Waals surface area contributed by atoms with Crippen LogP contribution in [-0.4, -0.2) is 18.8 Å². The van der Waals surface area contributed by atoms with Crippen LogP contribution in [0, 0.1) is 0 Å². The Labute approximate surface area is 121 Å². The van der Waals surface area contributed by atoms with Crippen LogP contribution < -0.4 is 4.74 Å². The van der Waals surface area contributed by atoms with E-state index in [2.05, 4.69) is 44.2 Å². The second-order valence-electron chi connectivity index (χ2n) is 5.57. The minimum absolute atomic E-state index is 0.269. The van der Waals surface area contributed by atoms with Crippen LogP contribution in [0.25, 0.3) is 10.8 Å². The Hall–Kier alpha value is -1.54. The van der Waals surface area contributed by atoms with Crippen molar-refractivity contribution in [3.63, 3.8) is 0 Å². The molecule has 0 aliphatic rings. The van der Waals surface area contributed by atoms with Crippen molar-refractivity contribution in [1.82, 2.24) is 0 Å². The number of hydrogen-bond acceptors (Lipinski definition) is 2. The summed E-state index contributed by atoms with van der Waals surface area (Å²) in [6, 6.07) is 10.9. The molecule has 0 atom stereocenters. The van der Waals surface area contributed by atoms with Crippen LogP contribution in [0.5, 0.6) is 5.75 Å². The summed E-state index contributed by atoms with van der Waals surface area (Å²) in [6.07, 6.45) is 2.88. The Morgan fingerprint density at radius 1 is 1.15 bits per heavy atom.